The van der Waals surface area contributed by atoms with Gasteiger partial charge < -0.3 is 9.47 Å². The summed E-state index contributed by atoms with van der Waals surface area (Å²) >= 11 is 0. The lowest BCUT2D eigenvalue weighted by Gasteiger charge is -2.31. The Kier molecular flexibility index (Phi) is 2.19. The molecule has 2 aliphatic heterocycles. The van der Waals surface area contributed by atoms with Gasteiger partial charge in [-0.25, -0.2) is 4.79 Å². The van der Waals surface area contributed by atoms with Gasteiger partial charge in [0.2, 0.25) is 0 Å². The molecule has 0 aromatic rings. The summed E-state index contributed by atoms with van der Waals surface area (Å²) in [6.07, 6.45) is 12.5. The van der Waals surface area contributed by atoms with E-state index in [1.54, 1.807) is 0 Å². The van der Waals surface area contributed by atoms with Gasteiger partial charge in [-0.3, -0.25) is 0 Å². The highest BCUT2D eigenvalue weighted by atomic mass is 16.7. The summed E-state index contributed by atoms with van der Waals surface area (Å²) in [6, 6.07) is 0. The molecule has 0 amide bonds. The fourth-order valence-corrected chi connectivity index (χ4v) is 4.68. The fraction of sp³-hybridized carbons (Fsp3) is 0.933. The van der Waals surface area contributed by atoms with Crippen molar-refractivity contribution in [2.45, 2.75) is 87.4 Å². The predicted octanol–water partition coefficient (Wildman–Crippen LogP) is 3.11. The minimum Gasteiger partial charge on any atom is -0.457 e. The Morgan fingerprint density at radius 1 is 0.833 bits per heavy atom. The summed E-state index contributed by atoms with van der Waals surface area (Å²) in [5.41, 5.74) is -0.801. The second-order valence-electron chi connectivity index (χ2n) is 6.79. The second-order valence-corrected chi connectivity index (χ2v) is 6.79. The number of carbonyl (C=O) groups excluding carboxylic acids is 1. The van der Waals surface area contributed by atoms with E-state index in [-0.39, 0.29) is 17.2 Å². The van der Waals surface area contributed by atoms with Gasteiger partial charge in [0.15, 0.2) is 5.60 Å². The Bertz CT molecular complexity index is 365. The zero-order valence-corrected chi connectivity index (χ0v) is 11.0. The van der Waals surface area contributed by atoms with Gasteiger partial charge in [-0.2, -0.15) is 0 Å². The molecule has 3 heteroatoms. The van der Waals surface area contributed by atoms with Crippen LogP contribution in [0.2, 0.25) is 0 Å². The molecule has 0 N–H and O–H groups in total. The number of fused-ring (bicyclic) bond motifs is 1. The minimum atomic E-state index is -0.523. The highest BCUT2D eigenvalue weighted by molar-refractivity contribution is 5.87. The quantitative estimate of drug-likeness (QED) is 0.490. The average Bonchev–Trinajstić information content (AvgIpc) is 2.88. The third-order valence-electron chi connectivity index (χ3n) is 5.70. The zero-order valence-electron chi connectivity index (χ0n) is 11.0. The molecule has 0 bridgehead atoms. The van der Waals surface area contributed by atoms with E-state index in [2.05, 4.69) is 0 Å². The van der Waals surface area contributed by atoms with E-state index >= 15 is 0 Å². The van der Waals surface area contributed by atoms with Crippen LogP contribution in [0, 0.1) is 0 Å². The summed E-state index contributed by atoms with van der Waals surface area (Å²) in [5, 5.41) is 0. The van der Waals surface area contributed by atoms with Crippen LogP contribution in [-0.2, 0) is 14.3 Å². The van der Waals surface area contributed by atoms with Gasteiger partial charge in [0.05, 0.1) is 0 Å². The number of hydrogen-bond acceptors (Lipinski definition) is 3. The van der Waals surface area contributed by atoms with Crippen molar-refractivity contribution >= 4 is 5.97 Å². The Morgan fingerprint density at radius 3 is 2.11 bits per heavy atom. The van der Waals surface area contributed by atoms with Crippen LogP contribution in [0.5, 0.6) is 0 Å². The molecule has 4 aliphatic rings. The van der Waals surface area contributed by atoms with E-state index in [1.807, 2.05) is 0 Å². The van der Waals surface area contributed by atoms with Crippen molar-refractivity contribution in [3.63, 3.8) is 0 Å². The van der Waals surface area contributed by atoms with E-state index in [0.717, 1.165) is 32.1 Å². The standard InChI is InChI=1S/C15H22O3/c16-12-15(14(18-15)9-5-2-6-10-14)11-13(17-12)7-3-1-4-8-13/h1-11H2. The molecule has 1 unspecified atom stereocenters. The third kappa shape index (κ3) is 1.31. The number of ether oxygens (including phenoxy) is 2. The van der Waals surface area contributed by atoms with E-state index in [4.69, 9.17) is 9.47 Å². The maximum absolute atomic E-state index is 12.4. The van der Waals surface area contributed by atoms with E-state index in [1.165, 1.54) is 38.5 Å². The number of hydrogen-bond donors (Lipinski definition) is 0. The Hall–Kier alpha value is -0.570. The number of epoxide rings is 1. The largest absolute Gasteiger partial charge is 0.457 e. The minimum absolute atomic E-state index is 0.0358. The first-order chi connectivity index (χ1) is 8.71. The van der Waals surface area contributed by atoms with Crippen LogP contribution in [0.4, 0.5) is 0 Å². The molecule has 1 atom stereocenters. The van der Waals surface area contributed by atoms with Gasteiger partial charge in [0.25, 0.3) is 0 Å². The lowest BCUT2D eigenvalue weighted by atomic mass is 9.74. The Labute approximate surface area is 108 Å². The highest BCUT2D eigenvalue weighted by Gasteiger charge is 2.80. The summed E-state index contributed by atoms with van der Waals surface area (Å²) in [5.74, 6) is -0.0358. The van der Waals surface area contributed by atoms with Crippen LogP contribution < -0.4 is 0 Å². The Balaban J connectivity index is 1.59. The molecule has 2 heterocycles. The monoisotopic (exact) mass is 250 g/mol. The van der Waals surface area contributed by atoms with Crippen molar-refractivity contribution in [3.8, 4) is 0 Å². The molecule has 100 valence electrons. The van der Waals surface area contributed by atoms with Gasteiger partial charge in [-0.15, -0.1) is 0 Å². The third-order valence-corrected chi connectivity index (χ3v) is 5.70. The lowest BCUT2D eigenvalue weighted by Crippen LogP contribution is -2.34. The average molecular weight is 250 g/mol. The van der Waals surface area contributed by atoms with Gasteiger partial charge >= 0.3 is 5.97 Å². The van der Waals surface area contributed by atoms with Crippen LogP contribution in [0.15, 0.2) is 0 Å². The van der Waals surface area contributed by atoms with Gasteiger partial charge in [0.1, 0.15) is 11.2 Å². The molecule has 0 radical (unpaired) electrons. The molecule has 0 aromatic heterocycles. The van der Waals surface area contributed by atoms with Crippen LogP contribution in [-0.4, -0.2) is 22.8 Å². The van der Waals surface area contributed by atoms with Crippen LogP contribution in [0.1, 0.15) is 70.6 Å². The van der Waals surface area contributed by atoms with Gasteiger partial charge in [-0.1, -0.05) is 25.7 Å². The number of rotatable bonds is 0. The molecule has 4 fully saturated rings. The zero-order chi connectivity index (χ0) is 12.3. The second kappa shape index (κ2) is 3.50. The lowest BCUT2D eigenvalue weighted by molar-refractivity contribution is -0.153. The molecule has 0 aromatic carbocycles. The van der Waals surface area contributed by atoms with Crippen molar-refractivity contribution in [2.75, 3.05) is 0 Å². The smallest absolute Gasteiger partial charge is 0.342 e. The van der Waals surface area contributed by atoms with Crippen LogP contribution in [0.25, 0.3) is 0 Å². The maximum Gasteiger partial charge on any atom is 0.342 e. The summed E-state index contributed by atoms with van der Waals surface area (Å²) in [4.78, 5) is 12.4. The molecule has 3 spiro atoms. The van der Waals surface area contributed by atoms with Crippen molar-refractivity contribution in [1.82, 2.24) is 0 Å². The molecule has 4 rings (SSSR count). The van der Waals surface area contributed by atoms with E-state index < -0.39 is 5.60 Å². The van der Waals surface area contributed by atoms with Crippen molar-refractivity contribution < 1.29 is 14.3 Å². The van der Waals surface area contributed by atoms with Crippen LogP contribution >= 0.6 is 0 Å². The maximum atomic E-state index is 12.4. The molecular weight excluding hydrogens is 228 g/mol. The predicted molar refractivity (Wildman–Crippen MR) is 66.2 cm³/mol. The van der Waals surface area contributed by atoms with Crippen LogP contribution in [0.3, 0.4) is 0 Å². The molecule has 3 nitrogen and oxygen atoms in total. The molecule has 18 heavy (non-hydrogen) atoms. The first-order valence-corrected chi connectivity index (χ1v) is 7.64. The SMILES string of the molecule is O=C1OC2(CCCCC2)CC12OC21CCCCC1. The number of esters is 1. The summed E-state index contributed by atoms with van der Waals surface area (Å²) < 4.78 is 11.9. The topological polar surface area (TPSA) is 38.8 Å². The van der Waals surface area contributed by atoms with Gasteiger partial charge in [-0.05, 0) is 38.5 Å². The molecular formula is C15H22O3. The summed E-state index contributed by atoms with van der Waals surface area (Å²) in [6.45, 7) is 0. The fourth-order valence-electron chi connectivity index (χ4n) is 4.68. The normalized spacial score (nSPS) is 40.3. The Morgan fingerprint density at radius 2 is 1.44 bits per heavy atom. The molecule has 2 aliphatic carbocycles. The van der Waals surface area contributed by atoms with Gasteiger partial charge in [0, 0.05) is 6.42 Å². The number of carbonyl (C=O) groups is 1. The first-order valence-electron chi connectivity index (χ1n) is 7.64. The van der Waals surface area contributed by atoms with Crippen molar-refractivity contribution in [3.05, 3.63) is 0 Å². The van der Waals surface area contributed by atoms with E-state index in [0.29, 0.717) is 0 Å². The molecule has 2 saturated heterocycles. The molecule has 2 saturated carbocycles. The first kappa shape index (κ1) is 11.3. The van der Waals surface area contributed by atoms with E-state index in [9.17, 15) is 4.79 Å². The summed E-state index contributed by atoms with van der Waals surface area (Å²) in [7, 11) is 0. The van der Waals surface area contributed by atoms with Crippen molar-refractivity contribution in [1.29, 1.82) is 0 Å². The highest BCUT2D eigenvalue weighted by Crippen LogP contribution is 2.65. The van der Waals surface area contributed by atoms with Crippen molar-refractivity contribution in [2.24, 2.45) is 0 Å².